The molecule has 6 heteroatoms. The van der Waals surface area contributed by atoms with Gasteiger partial charge in [0.15, 0.2) is 0 Å². The molecule has 114 valence electrons. The molecule has 2 N–H and O–H groups in total. The van der Waals surface area contributed by atoms with Gasteiger partial charge in [0.1, 0.15) is 12.4 Å². The van der Waals surface area contributed by atoms with Gasteiger partial charge in [0.2, 0.25) is 5.09 Å². The zero-order chi connectivity index (χ0) is 14.6. The van der Waals surface area contributed by atoms with E-state index in [1.807, 2.05) is 0 Å². The highest BCUT2D eigenvalue weighted by Crippen LogP contribution is 2.28. The molecular weight excluding hydrogens is 278 g/mol. The third-order valence-electron chi connectivity index (χ3n) is 3.92. The monoisotopic (exact) mass is 301 g/mol. The molecule has 20 heavy (non-hydrogen) atoms. The second-order valence-corrected chi connectivity index (χ2v) is 7.15. The maximum absolute atomic E-state index is 12.2. The number of hydrogen-bond donors (Lipinski definition) is 2. The molecule has 1 aromatic rings. The van der Waals surface area contributed by atoms with E-state index in [1.54, 1.807) is 0 Å². The zero-order valence-corrected chi connectivity index (χ0v) is 12.7. The van der Waals surface area contributed by atoms with E-state index in [1.165, 1.54) is 25.0 Å². The lowest BCUT2D eigenvalue weighted by Gasteiger charge is -2.28. The van der Waals surface area contributed by atoms with Gasteiger partial charge >= 0.3 is 0 Å². The summed E-state index contributed by atoms with van der Waals surface area (Å²) in [5.74, 6) is 1.00. The summed E-state index contributed by atoms with van der Waals surface area (Å²) in [6, 6.07) is 2.86. The summed E-state index contributed by atoms with van der Waals surface area (Å²) in [5, 5.41) is 8.80. The lowest BCUT2D eigenvalue weighted by atomic mass is 9.84. The summed E-state index contributed by atoms with van der Waals surface area (Å²) in [6.07, 6.45) is 6.37. The maximum atomic E-state index is 12.2. The Labute approximate surface area is 120 Å². The molecule has 0 atom stereocenters. The molecule has 0 aromatic carbocycles. The van der Waals surface area contributed by atoms with Crippen LogP contribution in [0.15, 0.2) is 21.6 Å². The van der Waals surface area contributed by atoms with Crippen LogP contribution in [0, 0.1) is 5.92 Å². The quantitative estimate of drug-likeness (QED) is 0.845. The van der Waals surface area contributed by atoms with Gasteiger partial charge in [0.25, 0.3) is 10.0 Å². The lowest BCUT2D eigenvalue weighted by Crippen LogP contribution is -2.37. The summed E-state index contributed by atoms with van der Waals surface area (Å²) >= 11 is 0. The van der Waals surface area contributed by atoms with Crippen molar-refractivity contribution in [2.24, 2.45) is 5.92 Å². The van der Waals surface area contributed by atoms with Gasteiger partial charge in [-0.3, -0.25) is 0 Å². The zero-order valence-electron chi connectivity index (χ0n) is 11.8. The van der Waals surface area contributed by atoms with Gasteiger partial charge in [-0.25, -0.2) is 13.1 Å². The second-order valence-electron chi connectivity index (χ2n) is 5.51. The van der Waals surface area contributed by atoms with Gasteiger partial charge in [-0.05, 0) is 43.7 Å². The Morgan fingerprint density at radius 3 is 2.55 bits per heavy atom. The molecule has 1 fully saturated rings. The van der Waals surface area contributed by atoms with Crippen LogP contribution in [0.5, 0.6) is 0 Å². The van der Waals surface area contributed by atoms with Gasteiger partial charge in [-0.15, -0.1) is 0 Å². The van der Waals surface area contributed by atoms with E-state index in [0.29, 0.717) is 0 Å². The fraction of sp³-hybridized carbons (Fsp3) is 0.714. The minimum Gasteiger partial charge on any atom is -0.446 e. The summed E-state index contributed by atoms with van der Waals surface area (Å²) in [6.45, 7) is 1.89. The van der Waals surface area contributed by atoms with E-state index in [9.17, 15) is 8.42 Å². The first-order valence-electron chi connectivity index (χ1n) is 7.27. The van der Waals surface area contributed by atoms with E-state index in [-0.39, 0.29) is 23.5 Å². The number of sulfonamides is 1. The first-order chi connectivity index (χ1) is 9.55. The van der Waals surface area contributed by atoms with Crippen LogP contribution in [0.4, 0.5) is 0 Å². The van der Waals surface area contributed by atoms with Crippen LogP contribution in [0.3, 0.4) is 0 Å². The largest absolute Gasteiger partial charge is 0.446 e. The molecule has 0 saturated heterocycles. The third-order valence-corrected chi connectivity index (χ3v) is 5.32. The van der Waals surface area contributed by atoms with Crippen molar-refractivity contribution < 1.29 is 17.9 Å². The molecule has 1 aromatic heterocycles. The summed E-state index contributed by atoms with van der Waals surface area (Å²) in [4.78, 5) is 0. The third kappa shape index (κ3) is 3.84. The predicted molar refractivity (Wildman–Crippen MR) is 75.6 cm³/mol. The molecule has 0 bridgehead atoms. The minimum absolute atomic E-state index is 0.00390. The summed E-state index contributed by atoms with van der Waals surface area (Å²) < 4.78 is 32.1. The van der Waals surface area contributed by atoms with Crippen molar-refractivity contribution in [3.05, 3.63) is 17.9 Å². The van der Waals surface area contributed by atoms with E-state index < -0.39 is 10.0 Å². The van der Waals surface area contributed by atoms with Crippen molar-refractivity contribution in [1.82, 2.24) is 4.72 Å². The highest BCUT2D eigenvalue weighted by atomic mass is 32.2. The highest BCUT2D eigenvalue weighted by molar-refractivity contribution is 7.89. The molecule has 1 aliphatic carbocycles. The highest BCUT2D eigenvalue weighted by Gasteiger charge is 2.27. The van der Waals surface area contributed by atoms with E-state index in [2.05, 4.69) is 11.6 Å². The second kappa shape index (κ2) is 6.74. The number of aliphatic hydroxyl groups is 1. The molecule has 5 nitrogen and oxygen atoms in total. The Kier molecular flexibility index (Phi) is 5.23. The van der Waals surface area contributed by atoms with Crippen LogP contribution in [0.2, 0.25) is 0 Å². The fourth-order valence-corrected chi connectivity index (χ4v) is 4.10. The Bertz CT molecular complexity index is 515. The lowest BCUT2D eigenvalue weighted by molar-refractivity contribution is 0.235. The Morgan fingerprint density at radius 1 is 1.30 bits per heavy atom. The molecule has 0 aliphatic heterocycles. The van der Waals surface area contributed by atoms with Gasteiger partial charge in [0.05, 0.1) is 0 Å². The van der Waals surface area contributed by atoms with Gasteiger partial charge in [-0.1, -0.05) is 19.8 Å². The number of nitrogens with one attached hydrogen (secondary N) is 1. The first kappa shape index (κ1) is 15.5. The summed E-state index contributed by atoms with van der Waals surface area (Å²) in [5.41, 5.74) is 0. The maximum Gasteiger partial charge on any atom is 0.274 e. The van der Waals surface area contributed by atoms with Crippen LogP contribution in [-0.2, 0) is 16.6 Å². The van der Waals surface area contributed by atoms with Crippen LogP contribution < -0.4 is 4.72 Å². The van der Waals surface area contributed by atoms with Crippen LogP contribution >= 0.6 is 0 Å². The fourth-order valence-electron chi connectivity index (χ4n) is 2.84. The van der Waals surface area contributed by atoms with Crippen molar-refractivity contribution in [2.75, 3.05) is 0 Å². The molecule has 0 spiro atoms. The van der Waals surface area contributed by atoms with Crippen LogP contribution in [0.1, 0.15) is 51.2 Å². The number of furan rings is 1. The normalized spacial score (nSPS) is 23.9. The smallest absolute Gasteiger partial charge is 0.274 e. The topological polar surface area (TPSA) is 79.5 Å². The van der Waals surface area contributed by atoms with Crippen LogP contribution in [-0.4, -0.2) is 19.6 Å². The standard InChI is InChI=1S/C14H23NO4S/c1-2-3-11-4-6-12(7-5-11)15-20(17,18)14-9-8-13(10-16)19-14/h8-9,11-12,15-16H,2-7,10H2,1H3. The average Bonchev–Trinajstić information content (AvgIpc) is 2.91. The molecule has 0 radical (unpaired) electrons. The molecule has 1 heterocycles. The van der Waals surface area contributed by atoms with Crippen molar-refractivity contribution in [1.29, 1.82) is 0 Å². The predicted octanol–water partition coefficient (Wildman–Crippen LogP) is 2.41. The molecule has 2 rings (SSSR count). The van der Waals surface area contributed by atoms with Gasteiger partial charge < -0.3 is 9.52 Å². The SMILES string of the molecule is CCCC1CCC(NS(=O)(=O)c2ccc(CO)o2)CC1. The first-order valence-corrected chi connectivity index (χ1v) is 8.75. The van der Waals surface area contributed by atoms with Gasteiger partial charge in [-0.2, -0.15) is 0 Å². The van der Waals surface area contributed by atoms with Crippen molar-refractivity contribution in [2.45, 2.75) is 63.2 Å². The summed E-state index contributed by atoms with van der Waals surface area (Å²) in [7, 11) is -3.61. The van der Waals surface area contributed by atoms with Crippen LogP contribution in [0.25, 0.3) is 0 Å². The van der Waals surface area contributed by atoms with Crippen molar-refractivity contribution >= 4 is 10.0 Å². The number of rotatable bonds is 6. The van der Waals surface area contributed by atoms with E-state index in [4.69, 9.17) is 9.52 Å². The Hall–Kier alpha value is -0.850. The Morgan fingerprint density at radius 2 is 2.00 bits per heavy atom. The van der Waals surface area contributed by atoms with E-state index in [0.717, 1.165) is 31.6 Å². The number of aliphatic hydroxyl groups excluding tert-OH is 1. The van der Waals surface area contributed by atoms with Crippen molar-refractivity contribution in [3.63, 3.8) is 0 Å². The molecule has 1 aliphatic rings. The molecule has 1 saturated carbocycles. The van der Waals surface area contributed by atoms with Gasteiger partial charge in [0, 0.05) is 6.04 Å². The number of hydrogen-bond acceptors (Lipinski definition) is 4. The molecule has 0 unspecified atom stereocenters. The average molecular weight is 301 g/mol. The molecular formula is C14H23NO4S. The molecule has 0 amide bonds. The Balaban J connectivity index is 1.92. The van der Waals surface area contributed by atoms with Crippen molar-refractivity contribution in [3.8, 4) is 0 Å². The minimum atomic E-state index is -3.61. The van der Waals surface area contributed by atoms with E-state index >= 15 is 0 Å².